The highest BCUT2D eigenvalue weighted by atomic mass is 32.1. The molecule has 0 aliphatic carbocycles. The van der Waals surface area contributed by atoms with Crippen LogP contribution in [0.15, 0.2) is 23.6 Å². The summed E-state index contributed by atoms with van der Waals surface area (Å²) in [6, 6.07) is 3.09. The fourth-order valence-corrected chi connectivity index (χ4v) is 2.46. The highest BCUT2D eigenvalue weighted by molar-refractivity contribution is 7.13. The molecular formula is C13H11F2NO2S. The lowest BCUT2D eigenvalue weighted by molar-refractivity contribution is -0.142. The predicted octanol–water partition coefficient (Wildman–Crippen LogP) is 3.45. The Kier molecular flexibility index (Phi) is 3.36. The third-order valence-electron chi connectivity index (χ3n) is 2.84. The van der Waals surface area contributed by atoms with Gasteiger partial charge >= 0.3 is 5.97 Å². The summed E-state index contributed by atoms with van der Waals surface area (Å²) in [5.74, 6) is -2.18. The number of nitrogens with zero attached hydrogens (tertiary/aromatic N) is 1. The number of hydrogen-bond donors (Lipinski definition) is 1. The van der Waals surface area contributed by atoms with Crippen molar-refractivity contribution in [2.24, 2.45) is 0 Å². The van der Waals surface area contributed by atoms with Crippen molar-refractivity contribution >= 4 is 17.3 Å². The van der Waals surface area contributed by atoms with E-state index in [0.29, 0.717) is 5.69 Å². The predicted molar refractivity (Wildman–Crippen MR) is 68.1 cm³/mol. The first-order chi connectivity index (χ1) is 8.82. The van der Waals surface area contributed by atoms with Crippen LogP contribution in [0.25, 0.3) is 10.6 Å². The van der Waals surface area contributed by atoms with Gasteiger partial charge in [0.2, 0.25) is 0 Å². The van der Waals surface area contributed by atoms with Crippen molar-refractivity contribution < 1.29 is 18.7 Å². The van der Waals surface area contributed by atoms with Gasteiger partial charge in [-0.2, -0.15) is 0 Å². The van der Waals surface area contributed by atoms with Crippen molar-refractivity contribution in [3.05, 3.63) is 40.9 Å². The molecule has 0 aliphatic heterocycles. The van der Waals surface area contributed by atoms with Crippen molar-refractivity contribution in [2.75, 3.05) is 0 Å². The number of carboxylic acid groups (broad SMARTS) is 1. The minimum absolute atomic E-state index is 0.0393. The van der Waals surface area contributed by atoms with Crippen molar-refractivity contribution in [3.63, 3.8) is 0 Å². The first-order valence-electron chi connectivity index (χ1n) is 5.47. The second kappa shape index (κ2) is 4.70. The van der Waals surface area contributed by atoms with Crippen molar-refractivity contribution in [2.45, 2.75) is 19.3 Å². The van der Waals surface area contributed by atoms with Gasteiger partial charge in [0.25, 0.3) is 0 Å². The molecule has 1 heterocycles. The van der Waals surface area contributed by atoms with Gasteiger partial charge < -0.3 is 5.11 Å². The molecule has 19 heavy (non-hydrogen) atoms. The Bertz CT molecular complexity index is 637. The Labute approximate surface area is 112 Å². The molecule has 0 saturated heterocycles. The number of carbonyl (C=O) groups is 1. The molecule has 0 fully saturated rings. The van der Waals surface area contributed by atoms with Crippen LogP contribution in [-0.2, 0) is 10.2 Å². The molecule has 0 radical (unpaired) electrons. The maximum absolute atomic E-state index is 13.6. The largest absolute Gasteiger partial charge is 0.481 e. The smallest absolute Gasteiger partial charge is 0.315 e. The number of aromatic nitrogens is 1. The number of hydrogen-bond acceptors (Lipinski definition) is 3. The normalized spacial score (nSPS) is 11.6. The molecule has 2 aromatic rings. The van der Waals surface area contributed by atoms with Crippen LogP contribution in [0.2, 0.25) is 0 Å². The van der Waals surface area contributed by atoms with Gasteiger partial charge in [-0.3, -0.25) is 4.79 Å². The molecule has 0 spiro atoms. The molecule has 1 N–H and O–H groups in total. The highest BCUT2D eigenvalue weighted by Gasteiger charge is 2.32. The zero-order chi connectivity index (χ0) is 14.2. The van der Waals surface area contributed by atoms with E-state index >= 15 is 0 Å². The quantitative estimate of drug-likeness (QED) is 0.938. The molecule has 0 unspecified atom stereocenters. The summed E-state index contributed by atoms with van der Waals surface area (Å²) in [6.45, 7) is 3.02. The number of aliphatic carboxylic acids is 1. The Morgan fingerprint density at radius 1 is 1.37 bits per heavy atom. The average Bonchev–Trinajstić information content (AvgIpc) is 2.82. The Balaban J connectivity index is 2.47. The number of rotatable bonds is 3. The van der Waals surface area contributed by atoms with Crippen molar-refractivity contribution in [1.29, 1.82) is 0 Å². The number of carboxylic acids is 1. The van der Waals surface area contributed by atoms with Gasteiger partial charge in [-0.1, -0.05) is 0 Å². The Hall–Kier alpha value is -1.82. The summed E-state index contributed by atoms with van der Waals surface area (Å²) in [7, 11) is 0. The van der Waals surface area contributed by atoms with Gasteiger partial charge in [-0.15, -0.1) is 11.3 Å². The minimum Gasteiger partial charge on any atom is -0.481 e. The second-order valence-electron chi connectivity index (χ2n) is 4.59. The van der Waals surface area contributed by atoms with Gasteiger partial charge in [-0.25, -0.2) is 13.8 Å². The summed E-state index contributed by atoms with van der Waals surface area (Å²) >= 11 is 1.09. The van der Waals surface area contributed by atoms with Crippen LogP contribution in [-0.4, -0.2) is 16.1 Å². The summed E-state index contributed by atoms with van der Waals surface area (Å²) in [5.41, 5.74) is -0.806. The molecule has 1 aromatic heterocycles. The van der Waals surface area contributed by atoms with Crippen LogP contribution >= 0.6 is 11.3 Å². The molecule has 0 bridgehead atoms. The summed E-state index contributed by atoms with van der Waals surface area (Å²) in [5, 5.41) is 10.9. The van der Waals surface area contributed by atoms with Crippen LogP contribution in [0.4, 0.5) is 8.78 Å². The molecule has 0 aliphatic rings. The zero-order valence-corrected chi connectivity index (χ0v) is 11.1. The molecule has 2 rings (SSSR count). The van der Waals surface area contributed by atoms with Crippen LogP contribution in [0.5, 0.6) is 0 Å². The summed E-state index contributed by atoms with van der Waals surface area (Å²) in [6.07, 6.45) is 0. The summed E-state index contributed by atoms with van der Waals surface area (Å²) < 4.78 is 26.7. The SMILES string of the molecule is CC(C)(C(=O)O)c1csc(-c2cc(F)ccc2F)n1. The van der Waals surface area contributed by atoms with Gasteiger partial charge in [0.1, 0.15) is 22.1 Å². The maximum atomic E-state index is 13.6. The van der Waals surface area contributed by atoms with Crippen molar-refractivity contribution in [3.8, 4) is 10.6 Å². The third kappa shape index (κ3) is 2.49. The van der Waals surface area contributed by atoms with E-state index < -0.39 is 23.0 Å². The first-order valence-corrected chi connectivity index (χ1v) is 6.35. The zero-order valence-electron chi connectivity index (χ0n) is 10.3. The van der Waals surface area contributed by atoms with Gasteiger partial charge in [0.15, 0.2) is 0 Å². The van der Waals surface area contributed by atoms with E-state index in [2.05, 4.69) is 4.98 Å². The van der Waals surface area contributed by atoms with E-state index in [1.807, 2.05) is 0 Å². The topological polar surface area (TPSA) is 50.2 Å². The monoisotopic (exact) mass is 283 g/mol. The average molecular weight is 283 g/mol. The fraction of sp³-hybridized carbons (Fsp3) is 0.231. The molecule has 6 heteroatoms. The second-order valence-corrected chi connectivity index (χ2v) is 5.45. The third-order valence-corrected chi connectivity index (χ3v) is 3.71. The lowest BCUT2D eigenvalue weighted by atomic mass is 9.90. The van der Waals surface area contributed by atoms with E-state index in [-0.39, 0.29) is 10.6 Å². The molecule has 0 saturated carbocycles. The minimum atomic E-state index is -1.17. The van der Waals surface area contributed by atoms with E-state index in [0.717, 1.165) is 29.5 Å². The molecule has 3 nitrogen and oxygen atoms in total. The maximum Gasteiger partial charge on any atom is 0.315 e. The molecule has 1 aromatic carbocycles. The van der Waals surface area contributed by atoms with Crippen molar-refractivity contribution in [1.82, 2.24) is 4.98 Å². The highest BCUT2D eigenvalue weighted by Crippen LogP contribution is 2.31. The fourth-order valence-electron chi connectivity index (χ4n) is 1.46. The first kappa shape index (κ1) is 13.6. The standard InChI is InChI=1S/C13H11F2NO2S/c1-13(2,12(17)18)10-6-19-11(16-10)8-5-7(14)3-4-9(8)15/h3-6H,1-2H3,(H,17,18). The molecule has 0 amide bonds. The van der Waals surface area contributed by atoms with E-state index in [4.69, 9.17) is 5.11 Å². The number of halogens is 2. The van der Waals surface area contributed by atoms with E-state index in [9.17, 15) is 13.6 Å². The Morgan fingerprint density at radius 2 is 2.05 bits per heavy atom. The Morgan fingerprint density at radius 3 is 2.68 bits per heavy atom. The summed E-state index contributed by atoms with van der Waals surface area (Å²) in [4.78, 5) is 15.2. The lowest BCUT2D eigenvalue weighted by Gasteiger charge is -2.15. The van der Waals surface area contributed by atoms with Gasteiger partial charge in [0, 0.05) is 10.9 Å². The van der Waals surface area contributed by atoms with Crippen LogP contribution < -0.4 is 0 Å². The van der Waals surface area contributed by atoms with Gasteiger partial charge in [-0.05, 0) is 32.0 Å². The number of benzene rings is 1. The molecule has 0 atom stereocenters. The van der Waals surface area contributed by atoms with Crippen LogP contribution in [0, 0.1) is 11.6 Å². The molecule has 100 valence electrons. The molecular weight excluding hydrogens is 272 g/mol. The van der Waals surface area contributed by atoms with Crippen LogP contribution in [0.1, 0.15) is 19.5 Å². The number of thiazole rings is 1. The lowest BCUT2D eigenvalue weighted by Crippen LogP contribution is -2.28. The van der Waals surface area contributed by atoms with Gasteiger partial charge in [0.05, 0.1) is 5.69 Å². The van der Waals surface area contributed by atoms with E-state index in [1.54, 1.807) is 5.38 Å². The van der Waals surface area contributed by atoms with E-state index in [1.165, 1.54) is 13.8 Å². The van der Waals surface area contributed by atoms with Crippen LogP contribution in [0.3, 0.4) is 0 Å².